The number of aromatic nitrogens is 3. The average Bonchev–Trinajstić information content (AvgIpc) is 3.21. The van der Waals surface area contributed by atoms with Crippen molar-refractivity contribution in [1.29, 1.82) is 0 Å². The molecule has 8 heteroatoms. The minimum Gasteiger partial charge on any atom is -0.391 e. The second-order valence-electron chi connectivity index (χ2n) is 5.43. The fourth-order valence-electron chi connectivity index (χ4n) is 2.46. The van der Waals surface area contributed by atoms with Crippen LogP contribution >= 0.6 is 11.8 Å². The van der Waals surface area contributed by atoms with Gasteiger partial charge in [0.15, 0.2) is 5.16 Å². The maximum Gasteiger partial charge on any atom is 0.344 e. The molecule has 3 N–H and O–H groups in total. The Balaban J connectivity index is 1.50. The highest BCUT2D eigenvalue weighted by Gasteiger charge is 2.28. The Morgan fingerprint density at radius 3 is 2.85 bits per heavy atom. The number of hydrogen-bond donors (Lipinski definition) is 3. The van der Waals surface area contributed by atoms with E-state index in [9.17, 15) is 9.90 Å². The first-order valence-corrected chi connectivity index (χ1v) is 8.13. The summed E-state index contributed by atoms with van der Waals surface area (Å²) in [6.07, 6.45) is 1.71. The first kappa shape index (κ1) is 14.1. The van der Waals surface area contributed by atoms with Gasteiger partial charge >= 0.3 is 5.69 Å². The summed E-state index contributed by atoms with van der Waals surface area (Å²) < 4.78 is 1.72. The van der Waals surface area contributed by atoms with E-state index in [2.05, 4.69) is 20.4 Å². The Kier molecular flexibility index (Phi) is 4.45. The molecule has 1 aromatic rings. The minimum absolute atomic E-state index is 0.133. The second kappa shape index (κ2) is 6.30. The highest BCUT2D eigenvalue weighted by molar-refractivity contribution is 7.99. The summed E-state index contributed by atoms with van der Waals surface area (Å²) in [7, 11) is 0. The monoisotopic (exact) mass is 299 g/mol. The van der Waals surface area contributed by atoms with Gasteiger partial charge in [-0.1, -0.05) is 11.8 Å². The molecular formula is C12H21N5O2S. The van der Waals surface area contributed by atoms with Gasteiger partial charge in [-0.25, -0.2) is 9.89 Å². The molecule has 0 amide bonds. The third-order valence-corrected chi connectivity index (χ3v) is 4.77. The van der Waals surface area contributed by atoms with Gasteiger partial charge in [0.05, 0.1) is 6.10 Å². The zero-order valence-corrected chi connectivity index (χ0v) is 12.2. The number of β-amino-alcohol motifs (C(OH)–C–C–N with tert-alkyl or cyclic N) is 1. The highest BCUT2D eigenvalue weighted by Crippen LogP contribution is 2.36. The SMILES string of the molecule is O=c1[nH]nc(SCC(O)CN2CCNCC2)n1C1CC1. The Bertz CT molecular complexity index is 492. The standard InChI is InChI=1S/C12H21N5O2S/c18-10(7-16-5-3-13-4-6-16)8-20-12-15-14-11(19)17(12)9-1-2-9/h9-10,13,18H,1-8H2,(H,14,19). The molecule has 1 atom stereocenters. The zero-order valence-electron chi connectivity index (χ0n) is 11.4. The number of hydrogen-bond acceptors (Lipinski definition) is 6. The summed E-state index contributed by atoms with van der Waals surface area (Å²) in [5.41, 5.74) is -0.133. The molecule has 1 saturated carbocycles. The normalized spacial score (nSPS) is 22.1. The quantitative estimate of drug-likeness (QED) is 0.600. The highest BCUT2D eigenvalue weighted by atomic mass is 32.2. The van der Waals surface area contributed by atoms with Gasteiger partial charge in [0, 0.05) is 44.5 Å². The van der Waals surface area contributed by atoms with Gasteiger partial charge in [0.25, 0.3) is 0 Å². The summed E-state index contributed by atoms with van der Waals surface area (Å²) >= 11 is 1.46. The summed E-state index contributed by atoms with van der Waals surface area (Å²) in [4.78, 5) is 13.9. The molecule has 1 unspecified atom stereocenters. The summed E-state index contributed by atoms with van der Waals surface area (Å²) in [5, 5.41) is 20.7. The van der Waals surface area contributed by atoms with Crippen LogP contribution in [0.4, 0.5) is 0 Å². The number of piperazine rings is 1. The van der Waals surface area contributed by atoms with Crippen molar-refractivity contribution >= 4 is 11.8 Å². The van der Waals surface area contributed by atoms with Crippen molar-refractivity contribution in [3.63, 3.8) is 0 Å². The van der Waals surface area contributed by atoms with Crippen LogP contribution in [0.5, 0.6) is 0 Å². The molecule has 0 bridgehead atoms. The van der Waals surface area contributed by atoms with Crippen molar-refractivity contribution in [3.05, 3.63) is 10.5 Å². The van der Waals surface area contributed by atoms with Gasteiger partial charge in [-0.15, -0.1) is 5.10 Å². The fourth-order valence-corrected chi connectivity index (χ4v) is 3.39. The van der Waals surface area contributed by atoms with Crippen LogP contribution in [-0.4, -0.2) is 69.4 Å². The number of thioether (sulfide) groups is 1. The lowest BCUT2D eigenvalue weighted by Crippen LogP contribution is -2.46. The Labute approximate surface area is 121 Å². The second-order valence-corrected chi connectivity index (χ2v) is 6.42. The van der Waals surface area contributed by atoms with Crippen LogP contribution in [0.3, 0.4) is 0 Å². The van der Waals surface area contributed by atoms with Gasteiger partial charge in [0.1, 0.15) is 0 Å². The fraction of sp³-hybridized carbons (Fsp3) is 0.833. The lowest BCUT2D eigenvalue weighted by Gasteiger charge is -2.28. The smallest absolute Gasteiger partial charge is 0.344 e. The third kappa shape index (κ3) is 3.43. The molecule has 1 aromatic heterocycles. The van der Waals surface area contributed by atoms with Crippen LogP contribution in [0.25, 0.3) is 0 Å². The number of aromatic amines is 1. The number of aliphatic hydroxyl groups is 1. The Morgan fingerprint density at radius 1 is 1.40 bits per heavy atom. The maximum atomic E-state index is 11.6. The first-order chi connectivity index (χ1) is 9.74. The lowest BCUT2D eigenvalue weighted by atomic mass is 10.3. The van der Waals surface area contributed by atoms with Crippen LogP contribution in [0.1, 0.15) is 18.9 Å². The van der Waals surface area contributed by atoms with Crippen LogP contribution in [0, 0.1) is 0 Å². The maximum absolute atomic E-state index is 11.6. The molecule has 2 aliphatic rings. The zero-order chi connectivity index (χ0) is 13.9. The van der Waals surface area contributed by atoms with Crippen LogP contribution in [-0.2, 0) is 0 Å². The van der Waals surface area contributed by atoms with E-state index in [-0.39, 0.29) is 5.69 Å². The number of rotatable bonds is 6. The van der Waals surface area contributed by atoms with Crippen molar-refractivity contribution < 1.29 is 5.11 Å². The van der Waals surface area contributed by atoms with Crippen molar-refractivity contribution in [2.24, 2.45) is 0 Å². The van der Waals surface area contributed by atoms with Crippen LogP contribution in [0.15, 0.2) is 9.95 Å². The molecule has 1 saturated heterocycles. The molecule has 0 spiro atoms. The molecule has 7 nitrogen and oxygen atoms in total. The number of aliphatic hydroxyl groups excluding tert-OH is 1. The van der Waals surface area contributed by atoms with E-state index in [0.717, 1.165) is 39.0 Å². The number of H-pyrrole nitrogens is 1. The largest absolute Gasteiger partial charge is 0.391 e. The Morgan fingerprint density at radius 2 is 2.15 bits per heavy atom. The van der Waals surface area contributed by atoms with Gasteiger partial charge < -0.3 is 10.4 Å². The van der Waals surface area contributed by atoms with E-state index in [1.54, 1.807) is 4.57 Å². The molecule has 20 heavy (non-hydrogen) atoms. The van der Waals surface area contributed by atoms with E-state index < -0.39 is 6.10 Å². The molecule has 2 fully saturated rings. The summed E-state index contributed by atoms with van der Waals surface area (Å²) in [6.45, 7) is 4.63. The number of nitrogens with zero attached hydrogens (tertiary/aromatic N) is 3. The molecule has 1 aliphatic carbocycles. The molecule has 2 heterocycles. The predicted molar refractivity (Wildman–Crippen MR) is 77.2 cm³/mol. The van der Waals surface area contributed by atoms with E-state index in [4.69, 9.17) is 0 Å². The topological polar surface area (TPSA) is 86.2 Å². The van der Waals surface area contributed by atoms with E-state index >= 15 is 0 Å². The predicted octanol–water partition coefficient (Wildman–Crippen LogP) is -0.735. The van der Waals surface area contributed by atoms with Crippen molar-refractivity contribution in [3.8, 4) is 0 Å². The van der Waals surface area contributed by atoms with Crippen LogP contribution < -0.4 is 11.0 Å². The van der Waals surface area contributed by atoms with Gasteiger partial charge in [-0.3, -0.25) is 9.47 Å². The van der Waals surface area contributed by atoms with Gasteiger partial charge in [-0.05, 0) is 12.8 Å². The van der Waals surface area contributed by atoms with Crippen molar-refractivity contribution in [1.82, 2.24) is 25.0 Å². The van der Waals surface area contributed by atoms with Gasteiger partial charge in [-0.2, -0.15) is 0 Å². The average molecular weight is 299 g/mol. The van der Waals surface area contributed by atoms with Crippen molar-refractivity contribution in [2.75, 3.05) is 38.5 Å². The van der Waals surface area contributed by atoms with E-state index in [1.165, 1.54) is 11.8 Å². The van der Waals surface area contributed by atoms with E-state index in [0.29, 0.717) is 23.5 Å². The molecule has 0 radical (unpaired) electrons. The summed E-state index contributed by atoms with van der Waals surface area (Å²) in [6, 6.07) is 0.314. The van der Waals surface area contributed by atoms with E-state index in [1.807, 2.05) is 0 Å². The van der Waals surface area contributed by atoms with Crippen molar-refractivity contribution in [2.45, 2.75) is 30.1 Å². The molecule has 1 aliphatic heterocycles. The third-order valence-electron chi connectivity index (χ3n) is 3.67. The lowest BCUT2D eigenvalue weighted by molar-refractivity contribution is 0.121. The summed E-state index contributed by atoms with van der Waals surface area (Å²) in [5.74, 6) is 0.570. The molecule has 112 valence electrons. The first-order valence-electron chi connectivity index (χ1n) is 7.15. The van der Waals surface area contributed by atoms with Gasteiger partial charge in [0.2, 0.25) is 0 Å². The Hall–Kier alpha value is -0.830. The molecule has 0 aromatic carbocycles. The number of nitrogens with one attached hydrogen (secondary N) is 2. The molecule has 3 rings (SSSR count). The molecular weight excluding hydrogens is 278 g/mol. The minimum atomic E-state index is -0.391. The van der Waals surface area contributed by atoms with Crippen LogP contribution in [0.2, 0.25) is 0 Å².